The van der Waals surface area contributed by atoms with Gasteiger partial charge in [-0.2, -0.15) is 0 Å². The lowest BCUT2D eigenvalue weighted by atomic mass is 10.2. The van der Waals surface area contributed by atoms with Crippen LogP contribution in [0.25, 0.3) is 0 Å². The summed E-state index contributed by atoms with van der Waals surface area (Å²) in [5.41, 5.74) is 1.89. The molecule has 0 unspecified atom stereocenters. The first-order valence-corrected chi connectivity index (χ1v) is 7.50. The third-order valence-corrected chi connectivity index (χ3v) is 5.67. The van der Waals surface area contributed by atoms with E-state index in [2.05, 4.69) is 25.1 Å². The Morgan fingerprint density at radius 2 is 1.89 bits per heavy atom. The van der Waals surface area contributed by atoms with Crippen LogP contribution in [0.2, 0.25) is 0 Å². The Hall–Kier alpha value is -1.39. The Bertz CT molecular complexity index is 665. The molecular weight excluding hydrogens is 276 g/mol. The molecule has 1 heterocycles. The van der Waals surface area contributed by atoms with Crippen LogP contribution >= 0.6 is 23.5 Å². The molecular formula is C15H12O2S2. The van der Waals surface area contributed by atoms with Gasteiger partial charge >= 0.3 is 5.97 Å². The first kappa shape index (κ1) is 12.6. The van der Waals surface area contributed by atoms with Crippen LogP contribution in [0, 0.1) is 6.92 Å². The minimum absolute atomic E-state index is 0.288. The van der Waals surface area contributed by atoms with Gasteiger partial charge in [-0.05, 0) is 36.8 Å². The monoisotopic (exact) mass is 288 g/mol. The molecule has 1 aliphatic rings. The number of methoxy groups -OCH3 is 1. The maximum atomic E-state index is 11.6. The average molecular weight is 288 g/mol. The summed E-state index contributed by atoms with van der Waals surface area (Å²) in [6, 6.07) is 12.0. The van der Waals surface area contributed by atoms with Crippen molar-refractivity contribution in [3.05, 3.63) is 47.5 Å². The molecule has 0 atom stereocenters. The van der Waals surface area contributed by atoms with Crippen molar-refractivity contribution in [2.75, 3.05) is 7.11 Å². The highest BCUT2D eigenvalue weighted by Crippen LogP contribution is 2.49. The van der Waals surface area contributed by atoms with E-state index in [1.54, 1.807) is 23.5 Å². The molecule has 0 saturated carbocycles. The molecule has 0 aromatic heterocycles. The van der Waals surface area contributed by atoms with E-state index in [0.717, 1.165) is 4.90 Å². The van der Waals surface area contributed by atoms with Gasteiger partial charge in [0.15, 0.2) is 0 Å². The highest BCUT2D eigenvalue weighted by atomic mass is 32.2. The number of fused-ring (bicyclic) bond motifs is 2. The number of esters is 1. The molecule has 0 aliphatic carbocycles. The van der Waals surface area contributed by atoms with Crippen molar-refractivity contribution in [2.45, 2.75) is 26.5 Å². The van der Waals surface area contributed by atoms with Gasteiger partial charge < -0.3 is 4.74 Å². The van der Waals surface area contributed by atoms with Gasteiger partial charge in [-0.25, -0.2) is 4.79 Å². The summed E-state index contributed by atoms with van der Waals surface area (Å²) < 4.78 is 4.76. The van der Waals surface area contributed by atoms with Crippen molar-refractivity contribution >= 4 is 29.5 Å². The van der Waals surface area contributed by atoms with Crippen LogP contribution in [-0.2, 0) is 4.74 Å². The fraction of sp³-hybridized carbons (Fsp3) is 0.133. The molecule has 0 radical (unpaired) electrons. The third-order valence-electron chi connectivity index (χ3n) is 2.97. The molecule has 1 aliphatic heterocycles. The minimum Gasteiger partial charge on any atom is -0.465 e. The van der Waals surface area contributed by atoms with Crippen LogP contribution in [-0.4, -0.2) is 13.1 Å². The molecule has 0 amide bonds. The topological polar surface area (TPSA) is 26.3 Å². The zero-order valence-corrected chi connectivity index (χ0v) is 12.2. The molecule has 3 rings (SSSR count). The van der Waals surface area contributed by atoms with E-state index in [1.165, 1.54) is 27.4 Å². The van der Waals surface area contributed by atoms with Crippen molar-refractivity contribution < 1.29 is 9.53 Å². The summed E-state index contributed by atoms with van der Waals surface area (Å²) in [6.45, 7) is 2.13. The lowest BCUT2D eigenvalue weighted by molar-refractivity contribution is 0.0600. The predicted octanol–water partition coefficient (Wildman–Crippen LogP) is 4.40. The molecule has 0 fully saturated rings. The van der Waals surface area contributed by atoms with Crippen LogP contribution in [0.15, 0.2) is 56.0 Å². The number of carbonyl (C=O) groups is 1. The second kappa shape index (κ2) is 4.94. The van der Waals surface area contributed by atoms with Crippen LogP contribution in [0.3, 0.4) is 0 Å². The summed E-state index contributed by atoms with van der Waals surface area (Å²) in [6.07, 6.45) is 0. The summed E-state index contributed by atoms with van der Waals surface area (Å²) >= 11 is 3.47. The zero-order chi connectivity index (χ0) is 13.4. The SMILES string of the molecule is COC(=O)c1ccc2c(c1)Sc1cccc(C)c1S2. The molecule has 2 nitrogen and oxygen atoms in total. The van der Waals surface area contributed by atoms with Crippen LogP contribution < -0.4 is 0 Å². The molecule has 0 saturated heterocycles. The van der Waals surface area contributed by atoms with Gasteiger partial charge in [-0.15, -0.1) is 0 Å². The van der Waals surface area contributed by atoms with E-state index in [-0.39, 0.29) is 5.97 Å². The van der Waals surface area contributed by atoms with Gasteiger partial charge in [-0.1, -0.05) is 35.7 Å². The number of ether oxygens (including phenoxy) is 1. The fourth-order valence-electron chi connectivity index (χ4n) is 1.98. The molecule has 2 aromatic carbocycles. The van der Waals surface area contributed by atoms with E-state index in [4.69, 9.17) is 4.74 Å². The van der Waals surface area contributed by atoms with Crippen LogP contribution in [0.4, 0.5) is 0 Å². The van der Waals surface area contributed by atoms with Crippen molar-refractivity contribution in [3.8, 4) is 0 Å². The summed E-state index contributed by atoms with van der Waals surface area (Å²) in [5.74, 6) is -0.288. The number of hydrogen-bond donors (Lipinski definition) is 0. The standard InChI is InChI=1S/C15H12O2S2/c1-9-4-3-5-12-14(9)19-11-7-6-10(15(16)17-2)8-13(11)18-12/h3-8H,1-2H3. The summed E-state index contributed by atoms with van der Waals surface area (Å²) in [5, 5.41) is 0. The van der Waals surface area contributed by atoms with Crippen LogP contribution in [0.5, 0.6) is 0 Å². The Kier molecular flexibility index (Phi) is 3.29. The first-order chi connectivity index (χ1) is 9.19. The minimum atomic E-state index is -0.288. The van der Waals surface area contributed by atoms with E-state index in [9.17, 15) is 4.79 Å². The van der Waals surface area contributed by atoms with Gasteiger partial charge in [-0.3, -0.25) is 0 Å². The number of carbonyl (C=O) groups excluding carboxylic acids is 1. The Morgan fingerprint density at radius 3 is 2.68 bits per heavy atom. The van der Waals surface area contributed by atoms with Gasteiger partial charge in [0.1, 0.15) is 0 Å². The number of aryl methyl sites for hydroxylation is 1. The van der Waals surface area contributed by atoms with Crippen molar-refractivity contribution in [2.24, 2.45) is 0 Å². The van der Waals surface area contributed by atoms with E-state index >= 15 is 0 Å². The van der Waals surface area contributed by atoms with Gasteiger partial charge in [0.2, 0.25) is 0 Å². The normalized spacial score (nSPS) is 12.5. The lowest BCUT2D eigenvalue weighted by Gasteiger charge is -2.20. The molecule has 0 spiro atoms. The maximum Gasteiger partial charge on any atom is 0.337 e. The van der Waals surface area contributed by atoms with Crippen molar-refractivity contribution in [1.29, 1.82) is 0 Å². The Labute approximate surface area is 120 Å². The number of rotatable bonds is 1. The largest absolute Gasteiger partial charge is 0.465 e. The maximum absolute atomic E-state index is 11.6. The third kappa shape index (κ3) is 2.26. The molecule has 19 heavy (non-hydrogen) atoms. The molecule has 0 bridgehead atoms. The van der Waals surface area contributed by atoms with Crippen molar-refractivity contribution in [3.63, 3.8) is 0 Å². The Morgan fingerprint density at radius 1 is 1.05 bits per heavy atom. The fourth-order valence-corrected chi connectivity index (χ4v) is 4.39. The predicted molar refractivity (Wildman–Crippen MR) is 77.2 cm³/mol. The lowest BCUT2D eigenvalue weighted by Crippen LogP contribution is -2.02. The summed E-state index contributed by atoms with van der Waals surface area (Å²) in [4.78, 5) is 16.4. The van der Waals surface area contributed by atoms with Gasteiger partial charge in [0, 0.05) is 19.6 Å². The van der Waals surface area contributed by atoms with Crippen molar-refractivity contribution in [1.82, 2.24) is 0 Å². The second-order valence-corrected chi connectivity index (χ2v) is 6.40. The van der Waals surface area contributed by atoms with Gasteiger partial charge in [0.25, 0.3) is 0 Å². The first-order valence-electron chi connectivity index (χ1n) is 5.87. The molecule has 4 heteroatoms. The number of hydrogen-bond acceptors (Lipinski definition) is 4. The molecule has 2 aromatic rings. The highest BCUT2D eigenvalue weighted by Gasteiger charge is 2.19. The zero-order valence-electron chi connectivity index (χ0n) is 10.6. The quantitative estimate of drug-likeness (QED) is 0.620. The molecule has 0 N–H and O–H groups in total. The molecule has 96 valence electrons. The second-order valence-electron chi connectivity index (χ2n) is 4.26. The van der Waals surface area contributed by atoms with E-state index < -0.39 is 0 Å². The van der Waals surface area contributed by atoms with E-state index in [0.29, 0.717) is 5.56 Å². The number of benzene rings is 2. The van der Waals surface area contributed by atoms with E-state index in [1.807, 2.05) is 18.2 Å². The van der Waals surface area contributed by atoms with Gasteiger partial charge in [0.05, 0.1) is 12.7 Å². The summed E-state index contributed by atoms with van der Waals surface area (Å²) in [7, 11) is 1.41. The average Bonchev–Trinajstić information content (AvgIpc) is 2.44. The smallest absolute Gasteiger partial charge is 0.337 e. The van der Waals surface area contributed by atoms with Crippen LogP contribution in [0.1, 0.15) is 15.9 Å². The highest BCUT2D eigenvalue weighted by molar-refractivity contribution is 8.05. The Balaban J connectivity index is 2.03.